The average molecular weight is 111 g/mol. The molecule has 1 rings (SSSR count). The Morgan fingerprint density at radius 2 is 2.62 bits per heavy atom. The predicted molar refractivity (Wildman–Crippen MR) is 28.7 cm³/mol. The van der Waals surface area contributed by atoms with E-state index in [1.54, 1.807) is 7.05 Å². The van der Waals surface area contributed by atoms with Gasteiger partial charge in [-0.25, -0.2) is 4.79 Å². The quantitative estimate of drug-likeness (QED) is 0.396. The molecule has 0 unspecified atom stereocenters. The molecule has 4 heteroatoms. The summed E-state index contributed by atoms with van der Waals surface area (Å²) in [5.74, 6) is -0.248. The summed E-state index contributed by atoms with van der Waals surface area (Å²) in [5, 5.41) is 0. The first kappa shape index (κ1) is 5.47. The molecule has 1 saturated heterocycles. The fraction of sp³-hybridized carbons (Fsp3) is 0.750. The molecule has 0 bridgehead atoms. The molecule has 8 heavy (non-hydrogen) atoms. The molecule has 0 saturated carbocycles. The van der Waals surface area contributed by atoms with Crippen molar-refractivity contribution in [1.29, 1.82) is 0 Å². The van der Waals surface area contributed by atoms with Crippen LogP contribution in [0.3, 0.4) is 0 Å². The zero-order chi connectivity index (χ0) is 6.15. The van der Waals surface area contributed by atoms with Crippen molar-refractivity contribution in [2.45, 2.75) is 5.94 Å². The lowest BCUT2D eigenvalue weighted by Crippen LogP contribution is -2.29. The topological polar surface area (TPSA) is 29.5 Å². The summed E-state index contributed by atoms with van der Waals surface area (Å²) in [5.41, 5.74) is 0. The van der Waals surface area contributed by atoms with Gasteiger partial charge in [0.25, 0.3) is 0 Å². The van der Waals surface area contributed by atoms with Gasteiger partial charge in [0, 0.05) is 13.0 Å². The number of amides is 1. The molecule has 3 nitrogen and oxygen atoms in total. The largest absolute Gasteiger partial charge is 0.448 e. The highest BCUT2D eigenvalue weighted by Crippen LogP contribution is 2.04. The Kier molecular flexibility index (Phi) is 1.15. The second-order valence-electron chi connectivity index (χ2n) is 1.76. The smallest absolute Gasteiger partial charge is 0.409 e. The molecule has 1 atom stereocenters. The molecule has 0 aromatic heterocycles. The Labute approximate surface area is 49.0 Å². The number of cyclic esters (lactones) is 1. The van der Waals surface area contributed by atoms with E-state index in [-0.39, 0.29) is 12.0 Å². The van der Waals surface area contributed by atoms with Gasteiger partial charge >= 0.3 is 6.09 Å². The number of rotatable bonds is 0. The van der Waals surface area contributed by atoms with Crippen molar-refractivity contribution in [1.82, 2.24) is 4.90 Å². The van der Waals surface area contributed by atoms with Crippen molar-refractivity contribution in [2.75, 3.05) is 13.7 Å². The summed E-state index contributed by atoms with van der Waals surface area (Å²) in [6.07, 6.45) is -0.336. The molecule has 1 heterocycles. The fourth-order valence-corrected chi connectivity index (χ4v) is 0.506. The second kappa shape index (κ2) is 1.69. The summed E-state index contributed by atoms with van der Waals surface area (Å²) in [7, 11) is 6.96. The van der Waals surface area contributed by atoms with Crippen molar-refractivity contribution in [3.05, 3.63) is 0 Å². The van der Waals surface area contributed by atoms with E-state index < -0.39 is 0 Å². The monoisotopic (exact) mass is 111 g/mol. The van der Waals surface area contributed by atoms with E-state index in [2.05, 4.69) is 4.74 Å². The van der Waals surface area contributed by atoms with Crippen molar-refractivity contribution in [3.63, 3.8) is 0 Å². The summed E-state index contributed by atoms with van der Waals surface area (Å²) >= 11 is 0. The first-order valence-electron chi connectivity index (χ1n) is 2.37. The Bertz CT molecular complexity index is 117. The van der Waals surface area contributed by atoms with Gasteiger partial charge < -0.3 is 9.64 Å². The van der Waals surface area contributed by atoms with E-state index in [0.717, 1.165) is 0 Å². The van der Waals surface area contributed by atoms with Crippen LogP contribution in [0.25, 0.3) is 0 Å². The van der Waals surface area contributed by atoms with Gasteiger partial charge in [-0.05, 0) is 0 Å². The molecule has 2 radical (unpaired) electrons. The van der Waals surface area contributed by atoms with Crippen molar-refractivity contribution >= 4 is 13.9 Å². The lowest BCUT2D eigenvalue weighted by Gasteiger charge is -2.08. The Balaban J connectivity index is 2.56. The van der Waals surface area contributed by atoms with Gasteiger partial charge in [-0.3, -0.25) is 0 Å². The SMILES string of the molecule is [B][C@H]1COC(=O)N1C. The lowest BCUT2D eigenvalue weighted by molar-refractivity contribution is 0.163. The van der Waals surface area contributed by atoms with Crippen LogP contribution in [-0.2, 0) is 4.74 Å². The highest BCUT2D eigenvalue weighted by Gasteiger charge is 2.24. The standard InChI is InChI=1S/C4H6BNO2/c1-6-3(5)2-8-4(6)7/h3H,2H2,1H3/t3-/m1/s1. The minimum absolute atomic E-state index is 0.248. The number of ether oxygens (including phenoxy) is 1. The summed E-state index contributed by atoms with van der Waals surface area (Å²) in [4.78, 5) is 11.8. The molecule has 1 aliphatic heterocycles. The summed E-state index contributed by atoms with van der Waals surface area (Å²) in [6, 6.07) is 0. The number of hydrogen-bond acceptors (Lipinski definition) is 2. The number of nitrogens with zero attached hydrogens (tertiary/aromatic N) is 1. The molecule has 1 amide bonds. The third kappa shape index (κ3) is 0.659. The van der Waals surface area contributed by atoms with Crippen LogP contribution >= 0.6 is 0 Å². The van der Waals surface area contributed by atoms with E-state index in [1.165, 1.54) is 4.90 Å². The van der Waals surface area contributed by atoms with E-state index >= 15 is 0 Å². The summed E-state index contributed by atoms with van der Waals surface area (Å²) < 4.78 is 4.54. The van der Waals surface area contributed by atoms with Crippen molar-refractivity contribution < 1.29 is 9.53 Å². The maximum Gasteiger partial charge on any atom is 0.409 e. The first-order chi connectivity index (χ1) is 3.72. The molecule has 42 valence electrons. The van der Waals surface area contributed by atoms with Crippen molar-refractivity contribution in [3.8, 4) is 0 Å². The molecule has 0 aliphatic carbocycles. The lowest BCUT2D eigenvalue weighted by atomic mass is 9.98. The zero-order valence-corrected chi connectivity index (χ0v) is 4.63. The molecule has 0 aromatic carbocycles. The third-order valence-electron chi connectivity index (χ3n) is 1.16. The minimum Gasteiger partial charge on any atom is -0.448 e. The van der Waals surface area contributed by atoms with Crippen LogP contribution in [0.4, 0.5) is 4.79 Å². The van der Waals surface area contributed by atoms with Crippen LogP contribution in [0, 0.1) is 0 Å². The van der Waals surface area contributed by atoms with Gasteiger partial charge in [-0.2, -0.15) is 0 Å². The zero-order valence-electron chi connectivity index (χ0n) is 4.63. The number of likely N-dealkylation sites (N-methyl/N-ethyl adjacent to an activating group) is 1. The molecule has 1 fully saturated rings. The molecule has 0 aromatic rings. The van der Waals surface area contributed by atoms with Gasteiger partial charge in [-0.1, -0.05) is 0 Å². The van der Waals surface area contributed by atoms with Crippen LogP contribution < -0.4 is 0 Å². The Morgan fingerprint density at radius 1 is 2.00 bits per heavy atom. The second-order valence-corrected chi connectivity index (χ2v) is 1.76. The average Bonchev–Trinajstić information content (AvgIpc) is 1.98. The minimum atomic E-state index is -0.336. The third-order valence-corrected chi connectivity index (χ3v) is 1.16. The fourth-order valence-electron chi connectivity index (χ4n) is 0.506. The Hall–Kier alpha value is -0.665. The van der Waals surface area contributed by atoms with E-state index in [4.69, 9.17) is 7.85 Å². The van der Waals surface area contributed by atoms with Gasteiger partial charge in [0.05, 0.1) is 0 Å². The van der Waals surface area contributed by atoms with E-state index in [0.29, 0.717) is 6.61 Å². The van der Waals surface area contributed by atoms with Crippen LogP contribution in [0.5, 0.6) is 0 Å². The van der Waals surface area contributed by atoms with Crippen LogP contribution in [0.15, 0.2) is 0 Å². The number of hydrogen-bond donors (Lipinski definition) is 0. The van der Waals surface area contributed by atoms with E-state index in [9.17, 15) is 4.79 Å². The van der Waals surface area contributed by atoms with Gasteiger partial charge in [0.15, 0.2) is 0 Å². The number of carbonyl (C=O) groups excluding carboxylic acids is 1. The van der Waals surface area contributed by atoms with Gasteiger partial charge in [-0.15, -0.1) is 0 Å². The van der Waals surface area contributed by atoms with Crippen molar-refractivity contribution in [2.24, 2.45) is 0 Å². The van der Waals surface area contributed by atoms with E-state index in [1.807, 2.05) is 0 Å². The maximum absolute atomic E-state index is 10.4. The van der Waals surface area contributed by atoms with Crippen LogP contribution in [-0.4, -0.2) is 38.4 Å². The molecular weight excluding hydrogens is 105 g/mol. The number of carbonyl (C=O) groups is 1. The maximum atomic E-state index is 10.4. The van der Waals surface area contributed by atoms with Crippen LogP contribution in [0.1, 0.15) is 0 Å². The highest BCUT2D eigenvalue weighted by atomic mass is 16.6. The molecule has 1 aliphatic rings. The normalized spacial score (nSPS) is 28.4. The summed E-state index contributed by atoms with van der Waals surface area (Å²) in [6.45, 7) is 0.315. The van der Waals surface area contributed by atoms with Gasteiger partial charge in [0.1, 0.15) is 14.5 Å². The first-order valence-corrected chi connectivity index (χ1v) is 2.37. The predicted octanol–water partition coefficient (Wildman–Crippen LogP) is -0.437. The molecule has 0 spiro atoms. The molecular formula is C4H6BNO2. The Morgan fingerprint density at radius 3 is 2.75 bits per heavy atom. The molecule has 0 N–H and O–H groups in total. The highest BCUT2D eigenvalue weighted by molar-refractivity contribution is 6.13. The van der Waals surface area contributed by atoms with Crippen LogP contribution in [0.2, 0.25) is 0 Å². The van der Waals surface area contributed by atoms with Gasteiger partial charge in [0.2, 0.25) is 0 Å².